The molecule has 1 heterocycles. The Kier molecular flexibility index (Phi) is 5.56. The fraction of sp³-hybridized carbons (Fsp3) is 0.267. The van der Waals surface area contributed by atoms with Gasteiger partial charge in [-0.3, -0.25) is 4.98 Å². The molecule has 21 heavy (non-hydrogen) atoms. The molecule has 0 amide bonds. The van der Waals surface area contributed by atoms with E-state index in [1.165, 1.54) is 12.1 Å². The van der Waals surface area contributed by atoms with Crippen molar-refractivity contribution in [2.75, 3.05) is 0 Å². The van der Waals surface area contributed by atoms with E-state index in [2.05, 4.69) is 40.1 Å². The zero-order valence-electron chi connectivity index (χ0n) is 11.7. The first-order valence-electron chi connectivity index (χ1n) is 6.45. The standard InChI is InChI=1S/C15H15BrClFN2O/c1-9(2)20-7-10-3-11(8-19-6-10)21-15-5-14(18)13(17)4-12(15)16/h3-6,8-9,20H,7H2,1-2H3. The Morgan fingerprint density at radius 2 is 2.10 bits per heavy atom. The van der Waals surface area contributed by atoms with Crippen LogP contribution in [0.1, 0.15) is 19.4 Å². The van der Waals surface area contributed by atoms with E-state index in [0.29, 0.717) is 28.6 Å². The topological polar surface area (TPSA) is 34.2 Å². The monoisotopic (exact) mass is 372 g/mol. The highest BCUT2D eigenvalue weighted by atomic mass is 79.9. The van der Waals surface area contributed by atoms with Gasteiger partial charge < -0.3 is 10.1 Å². The minimum absolute atomic E-state index is 0.0437. The lowest BCUT2D eigenvalue weighted by Crippen LogP contribution is -2.21. The molecule has 1 aromatic carbocycles. The molecule has 112 valence electrons. The molecule has 0 bridgehead atoms. The minimum Gasteiger partial charge on any atom is -0.454 e. The number of hydrogen-bond donors (Lipinski definition) is 1. The van der Waals surface area contributed by atoms with Crippen molar-refractivity contribution < 1.29 is 9.13 Å². The maximum absolute atomic E-state index is 13.5. The number of benzene rings is 1. The first-order valence-corrected chi connectivity index (χ1v) is 7.62. The third-order valence-corrected chi connectivity index (χ3v) is 3.60. The van der Waals surface area contributed by atoms with E-state index >= 15 is 0 Å². The molecular formula is C15H15BrClFN2O. The number of halogens is 3. The van der Waals surface area contributed by atoms with Crippen molar-refractivity contribution >= 4 is 27.5 Å². The molecule has 0 spiro atoms. The lowest BCUT2D eigenvalue weighted by Gasteiger charge is -2.11. The highest BCUT2D eigenvalue weighted by molar-refractivity contribution is 9.10. The Balaban J connectivity index is 2.16. The van der Waals surface area contributed by atoms with Crippen molar-refractivity contribution in [1.29, 1.82) is 0 Å². The summed E-state index contributed by atoms with van der Waals surface area (Å²) in [7, 11) is 0. The molecule has 6 heteroatoms. The molecule has 0 aliphatic carbocycles. The fourth-order valence-electron chi connectivity index (χ4n) is 1.65. The second-order valence-electron chi connectivity index (χ2n) is 4.86. The predicted octanol–water partition coefficient (Wildman–Crippen LogP) is 4.93. The van der Waals surface area contributed by atoms with Crippen LogP contribution < -0.4 is 10.1 Å². The van der Waals surface area contributed by atoms with Crippen molar-refractivity contribution in [3.63, 3.8) is 0 Å². The second-order valence-corrected chi connectivity index (χ2v) is 6.12. The van der Waals surface area contributed by atoms with Gasteiger partial charge in [-0.05, 0) is 33.6 Å². The fourth-order valence-corrected chi connectivity index (χ4v) is 2.37. The summed E-state index contributed by atoms with van der Waals surface area (Å²) in [5.74, 6) is 0.369. The van der Waals surface area contributed by atoms with Gasteiger partial charge in [0.05, 0.1) is 15.7 Å². The van der Waals surface area contributed by atoms with Crippen molar-refractivity contribution in [2.24, 2.45) is 0 Å². The molecule has 0 unspecified atom stereocenters. The zero-order valence-corrected chi connectivity index (χ0v) is 14.0. The Bertz CT molecular complexity index is 637. The van der Waals surface area contributed by atoms with Crippen LogP contribution in [0.4, 0.5) is 4.39 Å². The van der Waals surface area contributed by atoms with Crippen molar-refractivity contribution in [1.82, 2.24) is 10.3 Å². The van der Waals surface area contributed by atoms with E-state index in [-0.39, 0.29) is 5.02 Å². The van der Waals surface area contributed by atoms with Crippen molar-refractivity contribution in [3.05, 3.63) is 51.5 Å². The Morgan fingerprint density at radius 3 is 2.81 bits per heavy atom. The zero-order chi connectivity index (χ0) is 15.4. The summed E-state index contributed by atoms with van der Waals surface area (Å²) < 4.78 is 19.7. The van der Waals surface area contributed by atoms with Crippen LogP contribution in [0.3, 0.4) is 0 Å². The van der Waals surface area contributed by atoms with Crippen LogP contribution in [0.2, 0.25) is 5.02 Å². The summed E-state index contributed by atoms with van der Waals surface area (Å²) in [6.45, 7) is 4.83. The number of hydrogen-bond acceptors (Lipinski definition) is 3. The normalized spacial score (nSPS) is 11.0. The van der Waals surface area contributed by atoms with Crippen LogP contribution in [0.5, 0.6) is 11.5 Å². The van der Waals surface area contributed by atoms with E-state index < -0.39 is 5.82 Å². The average Bonchev–Trinajstić information content (AvgIpc) is 2.43. The molecule has 0 aliphatic heterocycles. The molecule has 2 aromatic rings. The molecule has 0 radical (unpaired) electrons. The van der Waals surface area contributed by atoms with E-state index in [0.717, 1.165) is 5.56 Å². The number of rotatable bonds is 5. The van der Waals surface area contributed by atoms with Crippen LogP contribution in [-0.2, 0) is 6.54 Å². The second kappa shape index (κ2) is 7.20. The largest absolute Gasteiger partial charge is 0.454 e. The summed E-state index contributed by atoms with van der Waals surface area (Å²) in [5.41, 5.74) is 0.992. The predicted molar refractivity (Wildman–Crippen MR) is 85.4 cm³/mol. The van der Waals surface area contributed by atoms with E-state index in [1.54, 1.807) is 12.4 Å². The number of nitrogens with one attached hydrogen (secondary N) is 1. The number of ether oxygens (including phenoxy) is 1. The Morgan fingerprint density at radius 1 is 1.33 bits per heavy atom. The van der Waals surface area contributed by atoms with E-state index in [4.69, 9.17) is 16.3 Å². The maximum Gasteiger partial charge on any atom is 0.146 e. The molecule has 0 saturated carbocycles. The first-order chi connectivity index (χ1) is 9.95. The third-order valence-electron chi connectivity index (χ3n) is 2.69. The molecular weight excluding hydrogens is 359 g/mol. The summed E-state index contributed by atoms with van der Waals surface area (Å²) in [5, 5.41) is 3.34. The van der Waals surface area contributed by atoms with Crippen LogP contribution in [0.25, 0.3) is 0 Å². The van der Waals surface area contributed by atoms with Crippen LogP contribution in [-0.4, -0.2) is 11.0 Å². The molecule has 2 rings (SSSR count). The molecule has 1 aromatic heterocycles. The smallest absolute Gasteiger partial charge is 0.146 e. The quantitative estimate of drug-likeness (QED) is 0.755. The summed E-state index contributed by atoms with van der Waals surface area (Å²) in [6.07, 6.45) is 3.34. The van der Waals surface area contributed by atoms with Gasteiger partial charge in [0.2, 0.25) is 0 Å². The molecule has 1 N–H and O–H groups in total. The van der Waals surface area contributed by atoms with Gasteiger partial charge in [0, 0.05) is 24.8 Å². The van der Waals surface area contributed by atoms with Gasteiger partial charge >= 0.3 is 0 Å². The molecule has 0 saturated heterocycles. The van der Waals surface area contributed by atoms with Gasteiger partial charge in [0.25, 0.3) is 0 Å². The number of nitrogens with zero attached hydrogens (tertiary/aromatic N) is 1. The highest BCUT2D eigenvalue weighted by Gasteiger charge is 2.09. The summed E-state index contributed by atoms with van der Waals surface area (Å²) in [6, 6.07) is 4.95. The molecule has 0 fully saturated rings. The lowest BCUT2D eigenvalue weighted by molar-refractivity contribution is 0.470. The number of aromatic nitrogens is 1. The average molecular weight is 374 g/mol. The van der Waals surface area contributed by atoms with E-state index in [1.807, 2.05) is 6.07 Å². The van der Waals surface area contributed by atoms with Gasteiger partial charge in [-0.2, -0.15) is 0 Å². The van der Waals surface area contributed by atoms with Gasteiger partial charge in [-0.25, -0.2) is 4.39 Å². The third kappa shape index (κ3) is 4.66. The SMILES string of the molecule is CC(C)NCc1cncc(Oc2cc(F)c(Cl)cc2Br)c1. The highest BCUT2D eigenvalue weighted by Crippen LogP contribution is 2.33. The van der Waals surface area contributed by atoms with Gasteiger partial charge in [-0.15, -0.1) is 0 Å². The summed E-state index contributed by atoms with van der Waals surface area (Å²) in [4.78, 5) is 4.13. The Hall–Kier alpha value is -1.17. The minimum atomic E-state index is -0.527. The maximum atomic E-state index is 13.5. The van der Waals surface area contributed by atoms with Crippen molar-refractivity contribution in [2.45, 2.75) is 26.4 Å². The van der Waals surface area contributed by atoms with E-state index in [9.17, 15) is 4.39 Å². The lowest BCUT2D eigenvalue weighted by atomic mass is 10.2. The number of pyridine rings is 1. The van der Waals surface area contributed by atoms with Gasteiger partial charge in [-0.1, -0.05) is 25.4 Å². The first kappa shape index (κ1) is 16.2. The van der Waals surface area contributed by atoms with Gasteiger partial charge in [0.15, 0.2) is 0 Å². The molecule has 0 aliphatic rings. The molecule has 0 atom stereocenters. The summed E-state index contributed by atoms with van der Waals surface area (Å²) >= 11 is 9.00. The van der Waals surface area contributed by atoms with Crippen LogP contribution in [0.15, 0.2) is 35.1 Å². The van der Waals surface area contributed by atoms with Crippen LogP contribution in [0, 0.1) is 5.82 Å². The Labute approximate surface area is 136 Å². The van der Waals surface area contributed by atoms with Gasteiger partial charge in [0.1, 0.15) is 17.3 Å². The van der Waals surface area contributed by atoms with Crippen LogP contribution >= 0.6 is 27.5 Å². The molecule has 3 nitrogen and oxygen atoms in total. The van der Waals surface area contributed by atoms with Crippen molar-refractivity contribution in [3.8, 4) is 11.5 Å².